The highest BCUT2D eigenvalue weighted by Gasteiger charge is 2.30. The number of carbonyl (C=O) groups excluding carboxylic acids is 1. The van der Waals surface area contributed by atoms with Gasteiger partial charge in [-0.05, 0) is 34.1 Å². The molecule has 0 aromatic carbocycles. The fourth-order valence-electron chi connectivity index (χ4n) is 1.15. The van der Waals surface area contributed by atoms with Crippen LogP contribution >= 0.6 is 0 Å². The van der Waals surface area contributed by atoms with Crippen LogP contribution in [0.5, 0.6) is 0 Å². The number of hydrogen-bond acceptors (Lipinski definition) is 5. The molecule has 0 aromatic rings. The molecule has 0 heterocycles. The SMILES string of the molecule is CCC(C#N)S(=O)(=O)N[C@H](C)C(=O)OC(C)(C)C. The largest absolute Gasteiger partial charge is 0.459 e. The van der Waals surface area contributed by atoms with Crippen molar-refractivity contribution in [1.29, 1.82) is 5.26 Å². The number of rotatable bonds is 5. The summed E-state index contributed by atoms with van der Waals surface area (Å²) in [6.45, 7) is 8.05. The molecule has 0 saturated carbocycles. The van der Waals surface area contributed by atoms with Gasteiger partial charge in [-0.15, -0.1) is 0 Å². The first-order valence-electron chi connectivity index (χ1n) is 5.67. The molecule has 18 heavy (non-hydrogen) atoms. The minimum atomic E-state index is -3.83. The first-order valence-corrected chi connectivity index (χ1v) is 7.21. The van der Waals surface area contributed by atoms with E-state index in [-0.39, 0.29) is 6.42 Å². The number of nitrogens with one attached hydrogen (secondary N) is 1. The lowest BCUT2D eigenvalue weighted by Crippen LogP contribution is -2.45. The number of hydrogen-bond donors (Lipinski definition) is 1. The number of nitriles is 1. The van der Waals surface area contributed by atoms with Crippen LogP contribution in [0, 0.1) is 11.3 Å². The number of esters is 1. The molecule has 0 saturated heterocycles. The van der Waals surface area contributed by atoms with Crippen LogP contribution in [-0.2, 0) is 19.6 Å². The normalized spacial score (nSPS) is 15.6. The molecule has 0 radical (unpaired) electrons. The lowest BCUT2D eigenvalue weighted by Gasteiger charge is -2.23. The van der Waals surface area contributed by atoms with E-state index in [1.807, 2.05) is 0 Å². The monoisotopic (exact) mass is 276 g/mol. The van der Waals surface area contributed by atoms with Crippen molar-refractivity contribution >= 4 is 16.0 Å². The highest BCUT2D eigenvalue weighted by Crippen LogP contribution is 2.10. The summed E-state index contributed by atoms with van der Waals surface area (Å²) in [6.07, 6.45) is 0.160. The van der Waals surface area contributed by atoms with E-state index in [1.54, 1.807) is 33.8 Å². The third kappa shape index (κ3) is 5.47. The van der Waals surface area contributed by atoms with Crippen LogP contribution in [0.2, 0.25) is 0 Å². The molecule has 0 fully saturated rings. The van der Waals surface area contributed by atoms with Gasteiger partial charge in [0.1, 0.15) is 11.6 Å². The first kappa shape index (κ1) is 16.9. The summed E-state index contributed by atoms with van der Waals surface area (Å²) < 4.78 is 30.7. The number of ether oxygens (including phenoxy) is 1. The molecule has 1 unspecified atom stereocenters. The van der Waals surface area contributed by atoms with E-state index < -0.39 is 32.9 Å². The van der Waals surface area contributed by atoms with Crippen molar-refractivity contribution in [1.82, 2.24) is 4.72 Å². The molecular formula is C11H20N2O4S. The van der Waals surface area contributed by atoms with Crippen LogP contribution < -0.4 is 4.72 Å². The highest BCUT2D eigenvalue weighted by molar-refractivity contribution is 7.90. The van der Waals surface area contributed by atoms with Crippen molar-refractivity contribution in [3.63, 3.8) is 0 Å². The summed E-state index contributed by atoms with van der Waals surface area (Å²) >= 11 is 0. The summed E-state index contributed by atoms with van der Waals surface area (Å²) in [4.78, 5) is 11.6. The Hall–Kier alpha value is -1.13. The Morgan fingerprint density at radius 1 is 1.44 bits per heavy atom. The number of nitrogens with zero attached hydrogens (tertiary/aromatic N) is 1. The van der Waals surface area contributed by atoms with E-state index in [1.165, 1.54) is 6.92 Å². The van der Waals surface area contributed by atoms with Crippen LogP contribution in [0.1, 0.15) is 41.0 Å². The average molecular weight is 276 g/mol. The maximum absolute atomic E-state index is 11.7. The molecule has 104 valence electrons. The van der Waals surface area contributed by atoms with Crippen molar-refractivity contribution in [3.05, 3.63) is 0 Å². The van der Waals surface area contributed by atoms with Gasteiger partial charge in [-0.3, -0.25) is 4.79 Å². The molecule has 0 aliphatic heterocycles. The molecule has 0 bridgehead atoms. The second-order valence-corrected chi connectivity index (χ2v) is 6.84. The van der Waals surface area contributed by atoms with E-state index in [4.69, 9.17) is 10.00 Å². The zero-order valence-corrected chi connectivity index (χ0v) is 12.2. The Labute approximate surface area is 108 Å². The maximum Gasteiger partial charge on any atom is 0.324 e. The standard InChI is InChI=1S/C11H20N2O4S/c1-6-9(7-12)18(15,16)13-8(2)10(14)17-11(3,4)5/h8-9,13H,6H2,1-5H3/t8-,9?/m1/s1. The van der Waals surface area contributed by atoms with Gasteiger partial charge in [-0.25, -0.2) is 13.1 Å². The van der Waals surface area contributed by atoms with E-state index in [9.17, 15) is 13.2 Å². The van der Waals surface area contributed by atoms with Crippen LogP contribution in [0.3, 0.4) is 0 Å². The van der Waals surface area contributed by atoms with E-state index in [0.29, 0.717) is 0 Å². The zero-order valence-electron chi connectivity index (χ0n) is 11.4. The first-order chi connectivity index (χ1) is 8.03. The molecule has 0 spiro atoms. The smallest absolute Gasteiger partial charge is 0.324 e. The number of carbonyl (C=O) groups is 1. The topological polar surface area (TPSA) is 96.3 Å². The van der Waals surface area contributed by atoms with E-state index in [2.05, 4.69) is 4.72 Å². The van der Waals surface area contributed by atoms with Gasteiger partial charge in [0.25, 0.3) is 0 Å². The molecule has 0 rings (SSSR count). The van der Waals surface area contributed by atoms with Crippen molar-refractivity contribution in [2.24, 2.45) is 0 Å². The van der Waals surface area contributed by atoms with Crippen LogP contribution in [0.25, 0.3) is 0 Å². The molecule has 0 amide bonds. The van der Waals surface area contributed by atoms with Crippen molar-refractivity contribution in [2.45, 2.75) is 57.9 Å². The maximum atomic E-state index is 11.7. The van der Waals surface area contributed by atoms with Gasteiger partial charge in [0, 0.05) is 0 Å². The molecule has 6 nitrogen and oxygen atoms in total. The molecule has 0 aromatic heterocycles. The summed E-state index contributed by atoms with van der Waals surface area (Å²) in [5.74, 6) is -0.668. The van der Waals surface area contributed by atoms with Crippen molar-refractivity contribution in [3.8, 4) is 6.07 Å². The lowest BCUT2D eigenvalue weighted by molar-refractivity contribution is -0.156. The predicted molar refractivity (Wildman–Crippen MR) is 67.1 cm³/mol. The summed E-state index contributed by atoms with van der Waals surface area (Å²) in [5, 5.41) is 7.55. The van der Waals surface area contributed by atoms with Crippen LogP contribution in [0.4, 0.5) is 0 Å². The van der Waals surface area contributed by atoms with Crippen molar-refractivity contribution in [2.75, 3.05) is 0 Å². The molecule has 0 aliphatic carbocycles. The Balaban J connectivity index is 4.72. The van der Waals surface area contributed by atoms with E-state index in [0.717, 1.165) is 0 Å². The molecule has 0 aliphatic rings. The second kappa shape index (κ2) is 6.16. The lowest BCUT2D eigenvalue weighted by atomic mass is 10.2. The minimum Gasteiger partial charge on any atom is -0.459 e. The Kier molecular flexibility index (Phi) is 5.77. The third-order valence-electron chi connectivity index (χ3n) is 1.99. The minimum absolute atomic E-state index is 0.160. The summed E-state index contributed by atoms with van der Waals surface area (Å²) in [6, 6.07) is 0.665. The fraction of sp³-hybridized carbons (Fsp3) is 0.818. The molecular weight excluding hydrogens is 256 g/mol. The molecule has 1 N–H and O–H groups in total. The Morgan fingerprint density at radius 2 is 1.94 bits per heavy atom. The third-order valence-corrected chi connectivity index (χ3v) is 3.86. The van der Waals surface area contributed by atoms with Crippen LogP contribution in [0.15, 0.2) is 0 Å². The summed E-state index contributed by atoms with van der Waals surface area (Å²) in [7, 11) is -3.83. The van der Waals surface area contributed by atoms with Crippen molar-refractivity contribution < 1.29 is 17.9 Å². The van der Waals surface area contributed by atoms with Gasteiger partial charge in [0.05, 0.1) is 6.07 Å². The van der Waals surface area contributed by atoms with Gasteiger partial charge in [-0.2, -0.15) is 5.26 Å². The van der Waals surface area contributed by atoms with E-state index >= 15 is 0 Å². The van der Waals surface area contributed by atoms with Gasteiger partial charge >= 0.3 is 5.97 Å². The van der Waals surface area contributed by atoms with Gasteiger partial charge < -0.3 is 4.74 Å². The zero-order chi connectivity index (χ0) is 14.6. The predicted octanol–water partition coefficient (Wildman–Crippen LogP) is 0.938. The van der Waals surface area contributed by atoms with Gasteiger partial charge in [0.15, 0.2) is 5.25 Å². The molecule has 2 atom stereocenters. The quantitative estimate of drug-likeness (QED) is 0.754. The fourth-order valence-corrected chi connectivity index (χ4v) is 2.48. The Bertz CT molecular complexity index is 431. The average Bonchev–Trinajstić information content (AvgIpc) is 2.15. The molecule has 7 heteroatoms. The number of sulfonamides is 1. The summed E-state index contributed by atoms with van der Waals surface area (Å²) in [5.41, 5.74) is -0.684. The Morgan fingerprint density at radius 3 is 2.28 bits per heavy atom. The van der Waals surface area contributed by atoms with Gasteiger partial charge in [0.2, 0.25) is 10.0 Å². The van der Waals surface area contributed by atoms with Gasteiger partial charge in [-0.1, -0.05) is 6.92 Å². The second-order valence-electron chi connectivity index (χ2n) is 4.94. The van der Waals surface area contributed by atoms with Crippen LogP contribution in [-0.4, -0.2) is 31.3 Å². The highest BCUT2D eigenvalue weighted by atomic mass is 32.2.